The number of allylic oxidation sites excluding steroid dienone is 2. The van der Waals surface area contributed by atoms with E-state index in [2.05, 4.69) is 27.4 Å². The van der Waals surface area contributed by atoms with Gasteiger partial charge in [-0.05, 0) is 30.9 Å². The lowest BCUT2D eigenvalue weighted by Gasteiger charge is -2.27. The number of morpholine rings is 1. The lowest BCUT2D eigenvalue weighted by atomic mass is 9.93. The summed E-state index contributed by atoms with van der Waals surface area (Å²) in [7, 11) is 0. The molecule has 0 aromatic carbocycles. The molecule has 1 N–H and O–H groups in total. The summed E-state index contributed by atoms with van der Waals surface area (Å²) in [6.07, 6.45) is 8.93. The number of anilines is 1. The summed E-state index contributed by atoms with van der Waals surface area (Å²) in [5, 5.41) is 3.02. The standard InChI is InChI=1S/C17H23N3O2/c21-17(15-4-2-1-3-5-15)19-13-14-6-7-16(18-12-14)20-8-10-22-11-9-20/h1-2,6-7,12,15H,3-5,8-11,13H2,(H,19,21)/t15-/m0/s1. The van der Waals surface area contributed by atoms with E-state index >= 15 is 0 Å². The molecule has 1 fully saturated rings. The van der Waals surface area contributed by atoms with Gasteiger partial charge in [0.1, 0.15) is 5.82 Å². The highest BCUT2D eigenvalue weighted by Gasteiger charge is 2.18. The number of ether oxygens (including phenoxy) is 1. The highest BCUT2D eigenvalue weighted by atomic mass is 16.5. The van der Waals surface area contributed by atoms with Gasteiger partial charge in [-0.3, -0.25) is 4.79 Å². The maximum Gasteiger partial charge on any atom is 0.223 e. The van der Waals surface area contributed by atoms with Crippen LogP contribution >= 0.6 is 0 Å². The third-order valence-corrected chi connectivity index (χ3v) is 4.25. The van der Waals surface area contributed by atoms with Crippen LogP contribution in [0.25, 0.3) is 0 Å². The Hall–Kier alpha value is -1.88. The molecule has 2 heterocycles. The Kier molecular flexibility index (Phi) is 5.06. The fraction of sp³-hybridized carbons (Fsp3) is 0.529. The second-order valence-electron chi connectivity index (χ2n) is 5.82. The number of nitrogens with one attached hydrogen (secondary N) is 1. The Bertz CT molecular complexity index is 521. The molecule has 1 aromatic heterocycles. The Morgan fingerprint density at radius 2 is 2.18 bits per heavy atom. The second-order valence-corrected chi connectivity index (χ2v) is 5.82. The summed E-state index contributed by atoms with van der Waals surface area (Å²) in [6, 6.07) is 4.06. The highest BCUT2D eigenvalue weighted by Crippen LogP contribution is 2.18. The Labute approximate surface area is 131 Å². The number of nitrogens with zero attached hydrogens (tertiary/aromatic N) is 2. The largest absolute Gasteiger partial charge is 0.378 e. The van der Waals surface area contributed by atoms with Crippen LogP contribution in [0.15, 0.2) is 30.5 Å². The number of hydrogen-bond acceptors (Lipinski definition) is 4. The minimum Gasteiger partial charge on any atom is -0.378 e. The van der Waals surface area contributed by atoms with Gasteiger partial charge in [0.05, 0.1) is 13.2 Å². The molecule has 0 spiro atoms. The molecule has 1 atom stereocenters. The zero-order valence-corrected chi connectivity index (χ0v) is 12.8. The number of carbonyl (C=O) groups is 1. The normalized spacial score (nSPS) is 21.6. The number of rotatable bonds is 4. The van der Waals surface area contributed by atoms with Gasteiger partial charge in [-0.25, -0.2) is 4.98 Å². The zero-order valence-electron chi connectivity index (χ0n) is 12.8. The van der Waals surface area contributed by atoms with Crippen LogP contribution in [0.3, 0.4) is 0 Å². The molecule has 1 aromatic rings. The summed E-state index contributed by atoms with van der Waals surface area (Å²) in [6.45, 7) is 3.84. The minimum absolute atomic E-state index is 0.130. The first-order valence-electron chi connectivity index (χ1n) is 8.03. The SMILES string of the molecule is O=C(NCc1ccc(N2CCOCC2)nc1)[C@H]1CC=CCC1. The van der Waals surface area contributed by atoms with Gasteiger partial charge in [-0.1, -0.05) is 18.2 Å². The molecule has 5 heteroatoms. The molecule has 118 valence electrons. The highest BCUT2D eigenvalue weighted by molar-refractivity contribution is 5.78. The predicted molar refractivity (Wildman–Crippen MR) is 85.6 cm³/mol. The summed E-state index contributed by atoms with van der Waals surface area (Å²) in [5.74, 6) is 1.27. The number of amides is 1. The Morgan fingerprint density at radius 1 is 1.32 bits per heavy atom. The number of carbonyl (C=O) groups excluding carboxylic acids is 1. The Balaban J connectivity index is 1.50. The monoisotopic (exact) mass is 301 g/mol. The van der Waals surface area contributed by atoms with Gasteiger partial charge < -0.3 is 15.0 Å². The summed E-state index contributed by atoms with van der Waals surface area (Å²) in [4.78, 5) is 18.8. The van der Waals surface area contributed by atoms with Crippen molar-refractivity contribution in [3.8, 4) is 0 Å². The summed E-state index contributed by atoms with van der Waals surface area (Å²) in [5.41, 5.74) is 1.04. The molecule has 2 aliphatic rings. The van der Waals surface area contributed by atoms with Gasteiger partial charge in [0.15, 0.2) is 0 Å². The van der Waals surface area contributed by atoms with Crippen molar-refractivity contribution in [3.05, 3.63) is 36.0 Å². The van der Waals surface area contributed by atoms with Crippen molar-refractivity contribution < 1.29 is 9.53 Å². The fourth-order valence-corrected chi connectivity index (χ4v) is 2.87. The van der Waals surface area contributed by atoms with E-state index in [0.717, 1.165) is 56.9 Å². The van der Waals surface area contributed by atoms with Crippen molar-refractivity contribution in [3.63, 3.8) is 0 Å². The van der Waals surface area contributed by atoms with Crippen LogP contribution in [0, 0.1) is 5.92 Å². The molecule has 1 aliphatic carbocycles. The smallest absolute Gasteiger partial charge is 0.223 e. The van der Waals surface area contributed by atoms with E-state index in [1.54, 1.807) is 0 Å². The van der Waals surface area contributed by atoms with Gasteiger partial charge in [-0.2, -0.15) is 0 Å². The van der Waals surface area contributed by atoms with E-state index in [-0.39, 0.29) is 11.8 Å². The van der Waals surface area contributed by atoms with Crippen LogP contribution in [0.5, 0.6) is 0 Å². The maximum atomic E-state index is 12.1. The molecule has 0 saturated carbocycles. The van der Waals surface area contributed by atoms with Crippen molar-refractivity contribution in [1.29, 1.82) is 0 Å². The molecule has 0 unspecified atom stereocenters. The zero-order chi connectivity index (χ0) is 15.2. The average molecular weight is 301 g/mol. The third-order valence-electron chi connectivity index (χ3n) is 4.25. The van der Waals surface area contributed by atoms with Crippen LogP contribution in [-0.4, -0.2) is 37.2 Å². The molecule has 0 bridgehead atoms. The van der Waals surface area contributed by atoms with Gasteiger partial charge in [-0.15, -0.1) is 0 Å². The number of hydrogen-bond donors (Lipinski definition) is 1. The van der Waals surface area contributed by atoms with E-state index in [9.17, 15) is 4.79 Å². The third kappa shape index (κ3) is 3.85. The number of aromatic nitrogens is 1. The fourth-order valence-electron chi connectivity index (χ4n) is 2.87. The van der Waals surface area contributed by atoms with E-state index in [0.29, 0.717) is 6.54 Å². The van der Waals surface area contributed by atoms with E-state index < -0.39 is 0 Å². The lowest BCUT2D eigenvalue weighted by Crippen LogP contribution is -2.36. The summed E-state index contributed by atoms with van der Waals surface area (Å²) < 4.78 is 5.35. The number of pyridine rings is 1. The minimum atomic E-state index is 0.130. The van der Waals surface area contributed by atoms with Crippen LogP contribution in [-0.2, 0) is 16.1 Å². The molecular weight excluding hydrogens is 278 g/mol. The van der Waals surface area contributed by atoms with Crippen molar-refractivity contribution >= 4 is 11.7 Å². The van der Waals surface area contributed by atoms with Crippen LogP contribution in [0.1, 0.15) is 24.8 Å². The van der Waals surface area contributed by atoms with E-state index in [4.69, 9.17) is 4.74 Å². The molecule has 22 heavy (non-hydrogen) atoms. The molecule has 0 radical (unpaired) electrons. The quantitative estimate of drug-likeness (QED) is 0.863. The lowest BCUT2D eigenvalue weighted by molar-refractivity contribution is -0.125. The first-order valence-corrected chi connectivity index (χ1v) is 8.03. The topological polar surface area (TPSA) is 54.5 Å². The van der Waals surface area contributed by atoms with Gasteiger partial charge in [0, 0.05) is 31.7 Å². The van der Waals surface area contributed by atoms with Crippen molar-refractivity contribution in [2.75, 3.05) is 31.2 Å². The van der Waals surface area contributed by atoms with Crippen LogP contribution in [0.2, 0.25) is 0 Å². The van der Waals surface area contributed by atoms with E-state index in [1.807, 2.05) is 18.3 Å². The van der Waals surface area contributed by atoms with Crippen molar-refractivity contribution in [1.82, 2.24) is 10.3 Å². The van der Waals surface area contributed by atoms with E-state index in [1.165, 1.54) is 0 Å². The molecular formula is C17H23N3O2. The maximum absolute atomic E-state index is 12.1. The van der Waals surface area contributed by atoms with Gasteiger partial charge in [0.25, 0.3) is 0 Å². The van der Waals surface area contributed by atoms with Gasteiger partial charge >= 0.3 is 0 Å². The van der Waals surface area contributed by atoms with Crippen molar-refractivity contribution in [2.24, 2.45) is 5.92 Å². The van der Waals surface area contributed by atoms with Crippen LogP contribution in [0.4, 0.5) is 5.82 Å². The summed E-state index contributed by atoms with van der Waals surface area (Å²) >= 11 is 0. The second kappa shape index (κ2) is 7.40. The molecule has 1 aliphatic heterocycles. The first kappa shape index (κ1) is 15.0. The van der Waals surface area contributed by atoms with Crippen LogP contribution < -0.4 is 10.2 Å². The molecule has 1 amide bonds. The van der Waals surface area contributed by atoms with Crippen molar-refractivity contribution in [2.45, 2.75) is 25.8 Å². The molecule has 3 rings (SSSR count). The first-order chi connectivity index (χ1) is 10.8. The molecule has 5 nitrogen and oxygen atoms in total. The average Bonchev–Trinajstić information content (AvgIpc) is 2.61. The Morgan fingerprint density at radius 3 is 2.86 bits per heavy atom. The van der Waals surface area contributed by atoms with Gasteiger partial charge in [0.2, 0.25) is 5.91 Å². The molecule has 1 saturated heterocycles. The predicted octanol–water partition coefficient (Wildman–Crippen LogP) is 1.89.